The van der Waals surface area contributed by atoms with Crippen molar-refractivity contribution in [2.24, 2.45) is 0 Å². The summed E-state index contributed by atoms with van der Waals surface area (Å²) < 4.78 is 0. The van der Waals surface area contributed by atoms with E-state index >= 15 is 0 Å². The van der Waals surface area contributed by atoms with Gasteiger partial charge in [0.2, 0.25) is 0 Å². The maximum absolute atomic E-state index is 4.08. The molecule has 0 nitrogen and oxygen atoms in total. The third kappa shape index (κ3) is 0.597. The van der Waals surface area contributed by atoms with Crippen molar-refractivity contribution >= 4 is 12.6 Å². The van der Waals surface area contributed by atoms with Gasteiger partial charge in [-0.05, 0) is 12.8 Å². The van der Waals surface area contributed by atoms with Gasteiger partial charge in [0.1, 0.15) is 0 Å². The summed E-state index contributed by atoms with van der Waals surface area (Å²) in [5.41, 5.74) is 1.51. The average Bonchev–Trinajstić information content (AvgIpc) is 1.31. The lowest BCUT2D eigenvalue weighted by Crippen LogP contribution is -1.93. The molecule has 34 valence electrons. The smallest absolute Gasteiger partial charge is 0.0113 e. The second-order valence-electron chi connectivity index (χ2n) is 1.56. The van der Waals surface area contributed by atoms with Gasteiger partial charge in [-0.3, -0.25) is 0 Å². The van der Waals surface area contributed by atoms with Crippen molar-refractivity contribution in [3.05, 3.63) is 11.6 Å². The standard InChI is InChI=1S/C5H8S/c6-4-5-2-1-3-5/h2,6H,1,3-4H2. The minimum Gasteiger partial charge on any atom is -0.175 e. The maximum atomic E-state index is 4.08. The first kappa shape index (κ1) is 4.25. The topological polar surface area (TPSA) is 0 Å². The van der Waals surface area contributed by atoms with Crippen LogP contribution >= 0.6 is 12.6 Å². The first-order valence-corrected chi connectivity index (χ1v) is 2.85. The highest BCUT2D eigenvalue weighted by molar-refractivity contribution is 7.80. The molecule has 6 heavy (non-hydrogen) atoms. The Morgan fingerprint density at radius 2 is 2.50 bits per heavy atom. The fraction of sp³-hybridized carbons (Fsp3) is 0.600. The fourth-order valence-corrected chi connectivity index (χ4v) is 0.779. The van der Waals surface area contributed by atoms with Gasteiger partial charge in [0.25, 0.3) is 0 Å². The molecule has 0 aliphatic heterocycles. The van der Waals surface area contributed by atoms with E-state index in [1.807, 2.05) is 0 Å². The summed E-state index contributed by atoms with van der Waals surface area (Å²) >= 11 is 4.08. The van der Waals surface area contributed by atoms with Crippen LogP contribution in [0.15, 0.2) is 11.6 Å². The van der Waals surface area contributed by atoms with Gasteiger partial charge < -0.3 is 0 Å². The van der Waals surface area contributed by atoms with E-state index in [4.69, 9.17) is 0 Å². The van der Waals surface area contributed by atoms with Crippen molar-refractivity contribution in [2.45, 2.75) is 12.8 Å². The van der Waals surface area contributed by atoms with Crippen molar-refractivity contribution in [2.75, 3.05) is 5.75 Å². The fourth-order valence-electron chi connectivity index (χ4n) is 0.492. The Balaban J connectivity index is 2.32. The molecule has 1 heteroatoms. The summed E-state index contributed by atoms with van der Waals surface area (Å²) in [4.78, 5) is 0. The van der Waals surface area contributed by atoms with Crippen molar-refractivity contribution < 1.29 is 0 Å². The average molecular weight is 100 g/mol. The van der Waals surface area contributed by atoms with Crippen LogP contribution in [-0.4, -0.2) is 5.75 Å². The molecule has 0 aromatic heterocycles. The zero-order valence-electron chi connectivity index (χ0n) is 3.65. The number of thiol groups is 1. The van der Waals surface area contributed by atoms with Gasteiger partial charge in [-0.1, -0.05) is 11.6 Å². The predicted molar refractivity (Wildman–Crippen MR) is 31.2 cm³/mol. The molecule has 0 fully saturated rings. The van der Waals surface area contributed by atoms with Crippen LogP contribution < -0.4 is 0 Å². The van der Waals surface area contributed by atoms with Crippen molar-refractivity contribution in [3.8, 4) is 0 Å². The van der Waals surface area contributed by atoms with Crippen molar-refractivity contribution in [3.63, 3.8) is 0 Å². The van der Waals surface area contributed by atoms with Crippen LogP contribution in [0.1, 0.15) is 12.8 Å². The van der Waals surface area contributed by atoms with E-state index in [0.29, 0.717) is 0 Å². The van der Waals surface area contributed by atoms with Gasteiger partial charge >= 0.3 is 0 Å². The molecule has 0 aromatic rings. The molecule has 0 aromatic carbocycles. The van der Waals surface area contributed by atoms with Gasteiger partial charge in [0.15, 0.2) is 0 Å². The minimum absolute atomic E-state index is 0.972. The zero-order chi connectivity index (χ0) is 4.41. The summed E-state index contributed by atoms with van der Waals surface area (Å²) in [5, 5.41) is 0. The van der Waals surface area contributed by atoms with Gasteiger partial charge in [0.05, 0.1) is 0 Å². The SMILES string of the molecule is SCC1=CCC1. The molecule has 1 rings (SSSR count). The quantitative estimate of drug-likeness (QED) is 0.376. The zero-order valence-corrected chi connectivity index (χ0v) is 4.54. The minimum atomic E-state index is 0.972. The van der Waals surface area contributed by atoms with E-state index in [1.54, 1.807) is 0 Å². The molecule has 0 heterocycles. The molecule has 0 spiro atoms. The summed E-state index contributed by atoms with van der Waals surface area (Å²) in [6.07, 6.45) is 4.83. The van der Waals surface area contributed by atoms with E-state index in [9.17, 15) is 0 Å². The van der Waals surface area contributed by atoms with Gasteiger partial charge in [0, 0.05) is 5.75 Å². The monoisotopic (exact) mass is 100 g/mol. The van der Waals surface area contributed by atoms with Gasteiger partial charge in [-0.15, -0.1) is 0 Å². The van der Waals surface area contributed by atoms with Crippen LogP contribution in [0.5, 0.6) is 0 Å². The molecule has 0 N–H and O–H groups in total. The molecule has 0 unspecified atom stereocenters. The molecule has 0 saturated carbocycles. The molecular formula is C5H8S. The van der Waals surface area contributed by atoms with E-state index < -0.39 is 0 Å². The van der Waals surface area contributed by atoms with E-state index in [0.717, 1.165) is 5.75 Å². The second kappa shape index (κ2) is 1.69. The first-order chi connectivity index (χ1) is 2.93. The maximum Gasteiger partial charge on any atom is 0.0113 e. The Labute approximate surface area is 43.7 Å². The molecule has 0 bridgehead atoms. The van der Waals surface area contributed by atoms with Crippen LogP contribution in [0, 0.1) is 0 Å². The van der Waals surface area contributed by atoms with Gasteiger partial charge in [-0.25, -0.2) is 0 Å². The normalized spacial score (nSPS) is 19.2. The number of rotatable bonds is 1. The Kier molecular flexibility index (Phi) is 1.20. The Hall–Kier alpha value is 0.0900. The highest BCUT2D eigenvalue weighted by Crippen LogP contribution is 2.17. The Morgan fingerprint density at radius 1 is 1.83 bits per heavy atom. The Bertz CT molecular complexity index is 74.0. The highest BCUT2D eigenvalue weighted by atomic mass is 32.1. The van der Waals surface area contributed by atoms with E-state index in [1.165, 1.54) is 18.4 Å². The molecule has 0 atom stereocenters. The van der Waals surface area contributed by atoms with E-state index in [-0.39, 0.29) is 0 Å². The summed E-state index contributed by atoms with van der Waals surface area (Å²) in [6, 6.07) is 0. The molecule has 0 saturated heterocycles. The van der Waals surface area contributed by atoms with Crippen LogP contribution in [0.3, 0.4) is 0 Å². The van der Waals surface area contributed by atoms with Crippen LogP contribution in [0.4, 0.5) is 0 Å². The second-order valence-corrected chi connectivity index (χ2v) is 1.88. The third-order valence-corrected chi connectivity index (χ3v) is 1.51. The summed E-state index contributed by atoms with van der Waals surface area (Å²) in [7, 11) is 0. The molecule has 0 amide bonds. The number of allylic oxidation sites excluding steroid dienone is 1. The largest absolute Gasteiger partial charge is 0.175 e. The number of hydrogen-bond donors (Lipinski definition) is 1. The summed E-state index contributed by atoms with van der Waals surface area (Å²) in [6.45, 7) is 0. The first-order valence-electron chi connectivity index (χ1n) is 2.22. The lowest BCUT2D eigenvalue weighted by atomic mass is 10.0. The molecule has 0 radical (unpaired) electrons. The van der Waals surface area contributed by atoms with Crippen LogP contribution in [0.25, 0.3) is 0 Å². The van der Waals surface area contributed by atoms with Crippen molar-refractivity contribution in [1.82, 2.24) is 0 Å². The van der Waals surface area contributed by atoms with Gasteiger partial charge in [-0.2, -0.15) is 12.6 Å². The molecule has 1 aliphatic carbocycles. The summed E-state index contributed by atoms with van der Waals surface area (Å²) in [5.74, 6) is 0.972. The lowest BCUT2D eigenvalue weighted by Gasteiger charge is -2.09. The number of hydrogen-bond acceptors (Lipinski definition) is 1. The van der Waals surface area contributed by atoms with Crippen LogP contribution in [0.2, 0.25) is 0 Å². The molecule has 1 aliphatic rings. The highest BCUT2D eigenvalue weighted by Gasteiger charge is 2.00. The van der Waals surface area contributed by atoms with Crippen LogP contribution in [-0.2, 0) is 0 Å². The Morgan fingerprint density at radius 3 is 2.50 bits per heavy atom. The third-order valence-electron chi connectivity index (χ3n) is 1.10. The van der Waals surface area contributed by atoms with Crippen molar-refractivity contribution in [1.29, 1.82) is 0 Å². The predicted octanol–water partition coefficient (Wildman–Crippen LogP) is 1.64. The molecular weight excluding hydrogens is 92.1 g/mol. The van der Waals surface area contributed by atoms with E-state index in [2.05, 4.69) is 18.7 Å². The lowest BCUT2D eigenvalue weighted by molar-refractivity contribution is 0.881.